The number of carboxylic acids is 1. The molecule has 1 amide bonds. The van der Waals surface area contributed by atoms with Crippen LogP contribution in [0, 0.1) is 17.5 Å². The number of benzene rings is 2. The number of nitrogens with zero attached hydrogens (tertiary/aromatic N) is 2. The maximum Gasteiger partial charge on any atom is 0.305 e. The molecule has 1 aliphatic rings. The lowest BCUT2D eigenvalue weighted by molar-refractivity contribution is -0.138. The van der Waals surface area contributed by atoms with Gasteiger partial charge in [-0.1, -0.05) is 0 Å². The van der Waals surface area contributed by atoms with Crippen LogP contribution < -0.4 is 4.90 Å². The lowest BCUT2D eigenvalue weighted by Crippen LogP contribution is -2.41. The van der Waals surface area contributed by atoms with Gasteiger partial charge in [0.05, 0.1) is 28.6 Å². The second kappa shape index (κ2) is 7.10. The van der Waals surface area contributed by atoms with E-state index in [0.717, 1.165) is 29.2 Å². The molecule has 1 aromatic heterocycles. The van der Waals surface area contributed by atoms with E-state index in [1.54, 1.807) is 0 Å². The lowest BCUT2D eigenvalue weighted by Gasteiger charge is -2.32. The Hall–Kier alpha value is -2.59. The summed E-state index contributed by atoms with van der Waals surface area (Å²) in [5.41, 5.74) is 0.155. The highest BCUT2D eigenvalue weighted by molar-refractivity contribution is 8.01. The molecule has 28 heavy (non-hydrogen) atoms. The van der Waals surface area contributed by atoms with Crippen LogP contribution in [0.2, 0.25) is 0 Å². The average molecular weight is 424 g/mol. The van der Waals surface area contributed by atoms with Gasteiger partial charge in [-0.05, 0) is 30.3 Å². The number of thiazole rings is 1. The molecule has 3 aromatic rings. The largest absolute Gasteiger partial charge is 0.481 e. The predicted molar refractivity (Wildman–Crippen MR) is 99.0 cm³/mol. The third-order valence-corrected chi connectivity index (χ3v) is 6.43. The highest BCUT2D eigenvalue weighted by Crippen LogP contribution is 2.42. The number of carboxylic acid groups (broad SMARTS) is 1. The molecular weight excluding hydrogens is 413 g/mol. The number of amides is 1. The Morgan fingerprint density at radius 3 is 2.75 bits per heavy atom. The molecule has 1 unspecified atom stereocenters. The van der Waals surface area contributed by atoms with E-state index in [4.69, 9.17) is 5.11 Å². The molecule has 0 bridgehead atoms. The number of thioether (sulfide) groups is 1. The molecule has 144 valence electrons. The molecule has 0 saturated carbocycles. The van der Waals surface area contributed by atoms with Crippen LogP contribution in [-0.4, -0.2) is 27.2 Å². The monoisotopic (exact) mass is 424 g/mol. The molecule has 0 saturated heterocycles. The minimum absolute atomic E-state index is 0.105. The molecule has 2 aromatic carbocycles. The van der Waals surface area contributed by atoms with Gasteiger partial charge in [0.1, 0.15) is 16.3 Å². The van der Waals surface area contributed by atoms with Crippen molar-refractivity contribution >= 4 is 50.9 Å². The predicted octanol–water partition coefficient (Wildman–Crippen LogP) is 4.20. The molecule has 10 heteroatoms. The molecule has 5 nitrogen and oxygen atoms in total. The first-order chi connectivity index (χ1) is 13.3. The van der Waals surface area contributed by atoms with Crippen LogP contribution in [0.25, 0.3) is 10.2 Å². The number of carbonyl (C=O) groups excluding carboxylic acids is 1. The smallest absolute Gasteiger partial charge is 0.305 e. The summed E-state index contributed by atoms with van der Waals surface area (Å²) in [5, 5.41) is 8.52. The zero-order chi connectivity index (χ0) is 20.0. The molecule has 0 aliphatic carbocycles. The summed E-state index contributed by atoms with van der Waals surface area (Å²) in [6.07, 6.45) is -0.392. The van der Waals surface area contributed by atoms with Crippen molar-refractivity contribution in [2.75, 3.05) is 4.90 Å². The Bertz CT molecular complexity index is 1120. The van der Waals surface area contributed by atoms with Gasteiger partial charge < -0.3 is 10.0 Å². The minimum Gasteiger partial charge on any atom is -0.481 e. The number of rotatable bonds is 4. The normalized spacial score (nSPS) is 16.5. The van der Waals surface area contributed by atoms with E-state index in [-0.39, 0.29) is 12.1 Å². The van der Waals surface area contributed by atoms with Gasteiger partial charge in [-0.25, -0.2) is 18.2 Å². The van der Waals surface area contributed by atoms with Gasteiger partial charge >= 0.3 is 5.97 Å². The van der Waals surface area contributed by atoms with Crippen molar-refractivity contribution in [2.45, 2.75) is 23.1 Å². The Morgan fingerprint density at radius 2 is 2.00 bits per heavy atom. The summed E-state index contributed by atoms with van der Waals surface area (Å²) in [4.78, 5) is 29.8. The number of hydrogen-bond acceptors (Lipinski definition) is 5. The average Bonchev–Trinajstić information content (AvgIpc) is 3.05. The fraction of sp³-hybridized carbons (Fsp3) is 0.167. The second-order valence-electron chi connectivity index (χ2n) is 6.06. The Balaban J connectivity index is 1.74. The molecule has 1 N–H and O–H groups in total. The Labute approximate surface area is 164 Å². The molecule has 1 atom stereocenters. The number of aliphatic carboxylic acids is 1. The van der Waals surface area contributed by atoms with Crippen molar-refractivity contribution in [3.63, 3.8) is 0 Å². The summed E-state index contributed by atoms with van der Waals surface area (Å²) in [6.45, 7) is -0.105. The molecule has 0 radical (unpaired) electrons. The molecule has 0 fully saturated rings. The van der Waals surface area contributed by atoms with Crippen molar-refractivity contribution in [2.24, 2.45) is 0 Å². The number of hydrogen-bond donors (Lipinski definition) is 1. The van der Waals surface area contributed by atoms with Crippen LogP contribution in [0.3, 0.4) is 0 Å². The summed E-state index contributed by atoms with van der Waals surface area (Å²) < 4.78 is 41.5. The first-order valence-electron chi connectivity index (χ1n) is 8.06. The SMILES string of the molecule is O=C(O)CC1Sc2ccc(F)cc2N(Cc2nc3c(F)c(F)ccc3s2)C1=O. The summed E-state index contributed by atoms with van der Waals surface area (Å²) in [6, 6.07) is 6.29. The molecule has 4 rings (SSSR count). The minimum atomic E-state index is -1.13. The third kappa shape index (κ3) is 3.33. The molecule has 2 heterocycles. The summed E-state index contributed by atoms with van der Waals surface area (Å²) in [7, 11) is 0. The highest BCUT2D eigenvalue weighted by atomic mass is 32.2. The van der Waals surface area contributed by atoms with Crippen LogP contribution in [0.5, 0.6) is 0 Å². The molecular formula is C18H11F3N2O3S2. The lowest BCUT2D eigenvalue weighted by atomic mass is 10.2. The molecule has 0 spiro atoms. The van der Waals surface area contributed by atoms with E-state index in [0.29, 0.717) is 20.3 Å². The standard InChI is InChI=1S/C18H11F3N2O3S2/c19-8-1-3-11-10(5-8)23(18(26)13(27-11)6-15(24)25)7-14-22-17-12(28-14)4-2-9(20)16(17)21/h1-5,13H,6-7H2,(H,24,25). The van der Waals surface area contributed by atoms with Crippen molar-refractivity contribution in [1.29, 1.82) is 0 Å². The van der Waals surface area contributed by atoms with Crippen molar-refractivity contribution in [3.05, 3.63) is 52.8 Å². The van der Waals surface area contributed by atoms with Gasteiger partial charge in [0.2, 0.25) is 5.91 Å². The fourth-order valence-electron chi connectivity index (χ4n) is 2.93. The van der Waals surface area contributed by atoms with Gasteiger partial charge in [0.25, 0.3) is 0 Å². The van der Waals surface area contributed by atoms with Crippen LogP contribution in [0.1, 0.15) is 11.4 Å². The third-order valence-electron chi connectivity index (χ3n) is 4.17. The van der Waals surface area contributed by atoms with Gasteiger partial charge in [-0.2, -0.15) is 0 Å². The Morgan fingerprint density at radius 1 is 1.21 bits per heavy atom. The van der Waals surface area contributed by atoms with Gasteiger partial charge in [-0.3, -0.25) is 9.59 Å². The topological polar surface area (TPSA) is 70.5 Å². The zero-order valence-corrected chi connectivity index (χ0v) is 15.6. The quantitative estimate of drug-likeness (QED) is 0.680. The van der Waals surface area contributed by atoms with Gasteiger partial charge in [-0.15, -0.1) is 23.1 Å². The van der Waals surface area contributed by atoms with Crippen LogP contribution in [-0.2, 0) is 16.1 Å². The van der Waals surface area contributed by atoms with Crippen molar-refractivity contribution in [1.82, 2.24) is 4.98 Å². The fourth-order valence-corrected chi connectivity index (χ4v) is 5.08. The first kappa shape index (κ1) is 18.8. The first-order valence-corrected chi connectivity index (χ1v) is 9.76. The van der Waals surface area contributed by atoms with Crippen molar-refractivity contribution < 1.29 is 27.9 Å². The van der Waals surface area contributed by atoms with E-state index < -0.39 is 41.0 Å². The number of carbonyl (C=O) groups is 2. The van der Waals surface area contributed by atoms with E-state index in [1.165, 1.54) is 29.2 Å². The molecule has 1 aliphatic heterocycles. The maximum atomic E-state index is 13.9. The number of halogens is 3. The number of fused-ring (bicyclic) bond motifs is 2. The van der Waals surface area contributed by atoms with Crippen LogP contribution >= 0.6 is 23.1 Å². The van der Waals surface area contributed by atoms with Gasteiger partial charge in [0, 0.05) is 4.90 Å². The van der Waals surface area contributed by atoms with Crippen LogP contribution in [0.4, 0.5) is 18.9 Å². The number of anilines is 1. The van der Waals surface area contributed by atoms with Gasteiger partial charge in [0.15, 0.2) is 11.6 Å². The van der Waals surface area contributed by atoms with E-state index in [1.807, 2.05) is 0 Å². The van der Waals surface area contributed by atoms with E-state index in [9.17, 15) is 22.8 Å². The highest BCUT2D eigenvalue weighted by Gasteiger charge is 2.35. The Kier molecular flexibility index (Phi) is 4.76. The zero-order valence-electron chi connectivity index (χ0n) is 14.0. The maximum absolute atomic E-state index is 13.9. The number of aromatic nitrogens is 1. The summed E-state index contributed by atoms with van der Waals surface area (Å²) in [5.74, 6) is -4.28. The van der Waals surface area contributed by atoms with Crippen LogP contribution in [0.15, 0.2) is 35.2 Å². The van der Waals surface area contributed by atoms with E-state index >= 15 is 0 Å². The van der Waals surface area contributed by atoms with Crippen molar-refractivity contribution in [3.8, 4) is 0 Å². The summed E-state index contributed by atoms with van der Waals surface area (Å²) >= 11 is 2.14. The second-order valence-corrected chi connectivity index (χ2v) is 8.42. The van der Waals surface area contributed by atoms with E-state index in [2.05, 4.69) is 4.98 Å².